The molecule has 0 radical (unpaired) electrons. The Bertz CT molecular complexity index is 413. The Hall–Kier alpha value is -1.63. The lowest BCUT2D eigenvalue weighted by Gasteiger charge is -2.19. The number of carbonyl (C=O) groups excluding carboxylic acids is 3. The molecule has 0 aromatic carbocycles. The summed E-state index contributed by atoms with van der Waals surface area (Å²) in [6.45, 7) is 5.69. The Labute approximate surface area is 125 Å². The van der Waals surface area contributed by atoms with Crippen LogP contribution in [-0.4, -0.2) is 53.1 Å². The molecule has 1 heterocycles. The van der Waals surface area contributed by atoms with Crippen molar-refractivity contribution in [2.45, 2.75) is 45.6 Å². The maximum absolute atomic E-state index is 12.1. The van der Waals surface area contributed by atoms with Crippen molar-refractivity contribution in [1.82, 2.24) is 15.5 Å². The largest absolute Gasteiger partial charge is 0.396 e. The average Bonchev–Trinajstić information content (AvgIpc) is 2.67. The number of nitrogens with zero attached hydrogens (tertiary/aromatic N) is 1. The van der Waals surface area contributed by atoms with Gasteiger partial charge >= 0.3 is 6.03 Å². The maximum atomic E-state index is 12.1. The molecule has 1 aliphatic rings. The van der Waals surface area contributed by atoms with Crippen molar-refractivity contribution < 1.29 is 19.5 Å². The van der Waals surface area contributed by atoms with Gasteiger partial charge in [0.05, 0.1) is 0 Å². The molecular weight excluding hydrogens is 274 g/mol. The molecule has 1 fully saturated rings. The number of imide groups is 1. The van der Waals surface area contributed by atoms with E-state index in [0.717, 1.165) is 11.3 Å². The van der Waals surface area contributed by atoms with Gasteiger partial charge in [-0.25, -0.2) is 4.79 Å². The number of nitrogens with one attached hydrogen (secondary N) is 2. The van der Waals surface area contributed by atoms with Crippen molar-refractivity contribution in [1.29, 1.82) is 0 Å². The molecule has 120 valence electrons. The Morgan fingerprint density at radius 3 is 2.57 bits per heavy atom. The summed E-state index contributed by atoms with van der Waals surface area (Å²) in [5, 5.41) is 14.2. The number of urea groups is 1. The first-order valence-corrected chi connectivity index (χ1v) is 7.39. The van der Waals surface area contributed by atoms with E-state index in [-0.39, 0.29) is 30.9 Å². The fourth-order valence-corrected chi connectivity index (χ4v) is 2.22. The predicted octanol–water partition coefficient (Wildman–Crippen LogP) is 0.232. The lowest BCUT2D eigenvalue weighted by atomic mass is 9.99. The van der Waals surface area contributed by atoms with Gasteiger partial charge in [-0.3, -0.25) is 14.5 Å². The van der Waals surface area contributed by atoms with Crippen molar-refractivity contribution in [3.8, 4) is 0 Å². The Morgan fingerprint density at radius 2 is 2.10 bits per heavy atom. The monoisotopic (exact) mass is 299 g/mol. The minimum Gasteiger partial charge on any atom is -0.396 e. The first kappa shape index (κ1) is 17.4. The van der Waals surface area contributed by atoms with Crippen LogP contribution in [0.3, 0.4) is 0 Å². The van der Waals surface area contributed by atoms with Crippen LogP contribution in [0.5, 0.6) is 0 Å². The van der Waals surface area contributed by atoms with Gasteiger partial charge in [0.2, 0.25) is 5.91 Å². The zero-order valence-electron chi connectivity index (χ0n) is 12.9. The molecule has 4 amide bonds. The van der Waals surface area contributed by atoms with E-state index < -0.39 is 11.6 Å². The molecular formula is C14H25N3O4. The van der Waals surface area contributed by atoms with Crippen LogP contribution in [0.1, 0.15) is 40.0 Å². The molecule has 1 rings (SSSR count). The smallest absolute Gasteiger partial charge is 0.325 e. The summed E-state index contributed by atoms with van der Waals surface area (Å²) in [4.78, 5) is 36.7. The highest BCUT2D eigenvalue weighted by atomic mass is 16.3. The van der Waals surface area contributed by atoms with Gasteiger partial charge < -0.3 is 15.7 Å². The predicted molar refractivity (Wildman–Crippen MR) is 77.4 cm³/mol. The maximum Gasteiger partial charge on any atom is 0.325 e. The van der Waals surface area contributed by atoms with Gasteiger partial charge in [0.25, 0.3) is 5.91 Å². The van der Waals surface area contributed by atoms with Gasteiger partial charge in [-0.15, -0.1) is 0 Å². The minimum atomic E-state index is -0.916. The highest BCUT2D eigenvalue weighted by molar-refractivity contribution is 6.08. The summed E-state index contributed by atoms with van der Waals surface area (Å²) in [5.41, 5.74) is -0.916. The van der Waals surface area contributed by atoms with E-state index in [1.54, 1.807) is 6.92 Å². The van der Waals surface area contributed by atoms with Gasteiger partial charge in [-0.1, -0.05) is 20.3 Å². The van der Waals surface area contributed by atoms with Crippen LogP contribution < -0.4 is 10.6 Å². The van der Waals surface area contributed by atoms with Gasteiger partial charge in [-0.05, 0) is 25.7 Å². The molecule has 21 heavy (non-hydrogen) atoms. The Morgan fingerprint density at radius 1 is 1.43 bits per heavy atom. The standard InChI is InChI=1S/C14H25N3O4/c1-4-10(6-7-18)8-15-11(19)9-17-12(20)14(3,5-2)16-13(17)21/h10,18H,4-9H2,1-3H3,(H,15,19)(H,16,21). The fraction of sp³-hybridized carbons (Fsp3) is 0.786. The van der Waals surface area contributed by atoms with E-state index in [9.17, 15) is 14.4 Å². The second-order valence-corrected chi connectivity index (χ2v) is 5.60. The van der Waals surface area contributed by atoms with E-state index in [0.29, 0.717) is 19.4 Å². The molecule has 3 N–H and O–H groups in total. The molecule has 0 aromatic rings. The third-order valence-electron chi connectivity index (χ3n) is 4.06. The van der Waals surface area contributed by atoms with E-state index in [4.69, 9.17) is 5.11 Å². The summed E-state index contributed by atoms with van der Waals surface area (Å²) >= 11 is 0. The molecule has 2 unspecified atom stereocenters. The first-order chi connectivity index (χ1) is 9.87. The highest BCUT2D eigenvalue weighted by Crippen LogP contribution is 2.20. The lowest BCUT2D eigenvalue weighted by Crippen LogP contribution is -2.45. The molecule has 0 spiro atoms. The highest BCUT2D eigenvalue weighted by Gasteiger charge is 2.46. The minimum absolute atomic E-state index is 0.0796. The first-order valence-electron chi connectivity index (χ1n) is 7.39. The Kier molecular flexibility index (Phi) is 6.14. The number of aliphatic hydroxyl groups excluding tert-OH is 1. The summed E-state index contributed by atoms with van der Waals surface area (Å²) in [7, 11) is 0. The van der Waals surface area contributed by atoms with Crippen molar-refractivity contribution in [3.63, 3.8) is 0 Å². The van der Waals surface area contributed by atoms with Gasteiger partial charge in [0, 0.05) is 13.2 Å². The number of rotatable bonds is 8. The van der Waals surface area contributed by atoms with E-state index in [1.165, 1.54) is 0 Å². The number of carbonyl (C=O) groups is 3. The van der Waals surface area contributed by atoms with Crippen molar-refractivity contribution in [2.24, 2.45) is 5.92 Å². The SMILES string of the molecule is CCC(CCO)CNC(=O)CN1C(=O)NC(C)(CC)C1=O. The normalized spacial score (nSPS) is 23.1. The zero-order chi connectivity index (χ0) is 16.0. The van der Waals surface area contributed by atoms with Crippen LogP contribution in [0.15, 0.2) is 0 Å². The Balaban J connectivity index is 2.52. The summed E-state index contributed by atoms with van der Waals surface area (Å²) < 4.78 is 0. The number of hydrogen-bond acceptors (Lipinski definition) is 4. The lowest BCUT2D eigenvalue weighted by molar-refractivity contribution is -0.134. The molecule has 0 aromatic heterocycles. The van der Waals surface area contributed by atoms with Gasteiger partial charge in [0.15, 0.2) is 0 Å². The summed E-state index contributed by atoms with van der Waals surface area (Å²) in [6, 6.07) is -0.526. The summed E-state index contributed by atoms with van der Waals surface area (Å²) in [5.74, 6) is -0.536. The number of hydrogen-bond donors (Lipinski definition) is 3. The van der Waals surface area contributed by atoms with Crippen LogP contribution >= 0.6 is 0 Å². The van der Waals surface area contributed by atoms with Gasteiger partial charge in [0.1, 0.15) is 12.1 Å². The van der Waals surface area contributed by atoms with Gasteiger partial charge in [-0.2, -0.15) is 0 Å². The zero-order valence-corrected chi connectivity index (χ0v) is 12.9. The van der Waals surface area contributed by atoms with E-state index >= 15 is 0 Å². The van der Waals surface area contributed by atoms with E-state index in [2.05, 4.69) is 10.6 Å². The van der Waals surface area contributed by atoms with Crippen molar-refractivity contribution >= 4 is 17.8 Å². The van der Waals surface area contributed by atoms with Crippen LogP contribution in [0.4, 0.5) is 4.79 Å². The second-order valence-electron chi connectivity index (χ2n) is 5.60. The molecule has 0 saturated carbocycles. The van der Waals surface area contributed by atoms with Crippen molar-refractivity contribution in [3.05, 3.63) is 0 Å². The van der Waals surface area contributed by atoms with Crippen LogP contribution in [0.2, 0.25) is 0 Å². The van der Waals surface area contributed by atoms with Crippen LogP contribution in [0.25, 0.3) is 0 Å². The molecule has 0 aliphatic carbocycles. The average molecular weight is 299 g/mol. The van der Waals surface area contributed by atoms with Crippen LogP contribution in [0, 0.1) is 5.92 Å². The topological polar surface area (TPSA) is 98.7 Å². The molecule has 7 heteroatoms. The molecule has 7 nitrogen and oxygen atoms in total. The molecule has 0 bridgehead atoms. The number of amides is 4. The third kappa shape index (κ3) is 4.17. The fourth-order valence-electron chi connectivity index (χ4n) is 2.22. The second kappa shape index (κ2) is 7.40. The molecule has 1 aliphatic heterocycles. The quantitative estimate of drug-likeness (QED) is 0.559. The molecule has 2 atom stereocenters. The summed E-state index contributed by atoms with van der Waals surface area (Å²) in [6.07, 6.45) is 1.94. The van der Waals surface area contributed by atoms with Crippen LogP contribution in [-0.2, 0) is 9.59 Å². The molecule has 1 saturated heterocycles. The third-order valence-corrected chi connectivity index (χ3v) is 4.06. The van der Waals surface area contributed by atoms with Crippen molar-refractivity contribution in [2.75, 3.05) is 19.7 Å². The van der Waals surface area contributed by atoms with E-state index in [1.807, 2.05) is 13.8 Å². The number of aliphatic hydroxyl groups is 1.